The molecule has 4 aromatic rings. The normalized spacial score (nSPS) is 16.8. The summed E-state index contributed by atoms with van der Waals surface area (Å²) < 4.78 is 3.74. The van der Waals surface area contributed by atoms with E-state index in [1.807, 2.05) is 40.9 Å². The molecule has 2 aromatic carbocycles. The molecule has 0 saturated carbocycles. The van der Waals surface area contributed by atoms with Crippen molar-refractivity contribution in [1.29, 1.82) is 0 Å². The molecule has 0 bridgehead atoms. The van der Waals surface area contributed by atoms with Crippen molar-refractivity contribution in [2.45, 2.75) is 31.8 Å². The Morgan fingerprint density at radius 1 is 1.13 bits per heavy atom. The highest BCUT2D eigenvalue weighted by atomic mass is 16.2. The molecule has 3 heterocycles. The monoisotopic (exact) mass is 400 g/mol. The summed E-state index contributed by atoms with van der Waals surface area (Å²) in [4.78, 5) is 19.7. The zero-order valence-electron chi connectivity index (χ0n) is 17.0. The number of rotatable bonds is 4. The molecule has 1 amide bonds. The lowest BCUT2D eigenvalue weighted by Crippen LogP contribution is -2.39. The number of carbonyl (C=O) groups is 1. The number of likely N-dealkylation sites (tertiary alicyclic amines) is 1. The Labute approximate surface area is 174 Å². The number of nitrogens with zero attached hydrogens (tertiary/aromatic N) is 6. The van der Waals surface area contributed by atoms with Crippen LogP contribution in [-0.4, -0.2) is 41.9 Å². The van der Waals surface area contributed by atoms with Gasteiger partial charge in [0.1, 0.15) is 5.82 Å². The van der Waals surface area contributed by atoms with Gasteiger partial charge in [-0.05, 0) is 35.6 Å². The first-order valence-corrected chi connectivity index (χ1v) is 10.4. The van der Waals surface area contributed by atoms with E-state index in [4.69, 9.17) is 0 Å². The highest BCUT2D eigenvalue weighted by molar-refractivity contribution is 5.92. The maximum atomic E-state index is 13.3. The van der Waals surface area contributed by atoms with E-state index in [-0.39, 0.29) is 11.9 Å². The van der Waals surface area contributed by atoms with Crippen molar-refractivity contribution in [3.05, 3.63) is 78.1 Å². The molecule has 0 aliphatic carbocycles. The van der Waals surface area contributed by atoms with Gasteiger partial charge in [0.2, 0.25) is 0 Å². The molecular formula is C23H24N6O. The Balaban J connectivity index is 1.39. The summed E-state index contributed by atoms with van der Waals surface area (Å²) in [5.74, 6) is 0.845. The number of aryl methyl sites for hydroxylation is 1. The Bertz CT molecular complexity index is 1190. The molecule has 1 aliphatic heterocycles. The Kier molecular flexibility index (Phi) is 4.78. The Hall–Kier alpha value is -3.48. The molecule has 1 atom stereocenters. The van der Waals surface area contributed by atoms with Gasteiger partial charge in [0, 0.05) is 26.0 Å². The molecule has 0 N–H and O–H groups in total. The van der Waals surface area contributed by atoms with Gasteiger partial charge in [-0.3, -0.25) is 4.79 Å². The fourth-order valence-corrected chi connectivity index (χ4v) is 4.37. The molecule has 2 aromatic heterocycles. The largest absolute Gasteiger partial charge is 0.336 e. The molecule has 1 saturated heterocycles. The third kappa shape index (κ3) is 3.36. The first-order valence-electron chi connectivity index (χ1n) is 10.4. The highest BCUT2D eigenvalue weighted by Gasteiger charge is 2.32. The topological polar surface area (TPSA) is 68.8 Å². The van der Waals surface area contributed by atoms with E-state index in [1.165, 1.54) is 10.8 Å². The van der Waals surface area contributed by atoms with Crippen molar-refractivity contribution in [1.82, 2.24) is 29.4 Å². The zero-order chi connectivity index (χ0) is 20.5. The second kappa shape index (κ2) is 7.74. The minimum absolute atomic E-state index is 0.0190. The van der Waals surface area contributed by atoms with Crippen LogP contribution in [0.15, 0.2) is 61.1 Å². The number of piperidine rings is 1. The summed E-state index contributed by atoms with van der Waals surface area (Å²) in [5.41, 5.74) is 1.54. The number of fused-ring (bicyclic) bond motifs is 1. The van der Waals surface area contributed by atoms with Crippen molar-refractivity contribution >= 4 is 16.7 Å². The van der Waals surface area contributed by atoms with Crippen molar-refractivity contribution in [2.24, 2.45) is 7.05 Å². The van der Waals surface area contributed by atoms with Gasteiger partial charge in [0.15, 0.2) is 5.69 Å². The quantitative estimate of drug-likeness (QED) is 0.525. The molecule has 5 rings (SSSR count). The summed E-state index contributed by atoms with van der Waals surface area (Å²) in [6.07, 6.45) is 8.47. The van der Waals surface area contributed by atoms with Crippen LogP contribution in [0.4, 0.5) is 0 Å². The van der Waals surface area contributed by atoms with Crippen LogP contribution in [0.2, 0.25) is 0 Å². The van der Waals surface area contributed by atoms with Crippen LogP contribution in [0.3, 0.4) is 0 Å². The first-order chi connectivity index (χ1) is 14.7. The average molecular weight is 400 g/mol. The second-order valence-corrected chi connectivity index (χ2v) is 7.85. The first kappa shape index (κ1) is 18.5. The zero-order valence-corrected chi connectivity index (χ0v) is 17.0. The molecule has 1 unspecified atom stereocenters. The number of aromatic nitrogens is 5. The predicted octanol–water partition coefficient (Wildman–Crippen LogP) is 3.58. The van der Waals surface area contributed by atoms with E-state index in [2.05, 4.69) is 39.6 Å². The standard InChI is InChI=1S/C23H24N6O/c1-27-14-12-24-22(27)21-11-4-5-13-29(21)23(30)20-16-28(26-25-20)15-18-9-6-8-17-7-2-3-10-19(17)18/h2-3,6-10,12,14,16,21H,4-5,11,13,15H2,1H3. The van der Waals surface area contributed by atoms with Crippen molar-refractivity contribution in [2.75, 3.05) is 6.54 Å². The summed E-state index contributed by atoms with van der Waals surface area (Å²) >= 11 is 0. The Morgan fingerprint density at radius 3 is 2.87 bits per heavy atom. The number of benzene rings is 2. The summed E-state index contributed by atoms with van der Waals surface area (Å²) in [6.45, 7) is 1.29. The van der Waals surface area contributed by atoms with Gasteiger partial charge in [-0.1, -0.05) is 47.7 Å². The van der Waals surface area contributed by atoms with Gasteiger partial charge in [-0.15, -0.1) is 5.10 Å². The van der Waals surface area contributed by atoms with E-state index in [0.717, 1.165) is 30.7 Å². The maximum Gasteiger partial charge on any atom is 0.276 e. The molecule has 0 radical (unpaired) electrons. The smallest absolute Gasteiger partial charge is 0.276 e. The van der Waals surface area contributed by atoms with Crippen LogP contribution in [0, 0.1) is 0 Å². The fourth-order valence-electron chi connectivity index (χ4n) is 4.37. The summed E-state index contributed by atoms with van der Waals surface area (Å²) in [7, 11) is 1.97. The molecule has 152 valence electrons. The number of hydrogen-bond donors (Lipinski definition) is 0. The number of hydrogen-bond acceptors (Lipinski definition) is 4. The molecule has 0 spiro atoms. The molecule has 30 heavy (non-hydrogen) atoms. The van der Waals surface area contributed by atoms with Crippen molar-refractivity contribution < 1.29 is 4.79 Å². The van der Waals surface area contributed by atoms with E-state index >= 15 is 0 Å². The van der Waals surface area contributed by atoms with E-state index < -0.39 is 0 Å². The molecule has 7 heteroatoms. The fraction of sp³-hybridized carbons (Fsp3) is 0.304. The third-order valence-corrected chi connectivity index (χ3v) is 5.89. The minimum atomic E-state index is -0.0770. The van der Waals surface area contributed by atoms with Crippen LogP contribution >= 0.6 is 0 Å². The van der Waals surface area contributed by atoms with Gasteiger partial charge in [0.25, 0.3) is 5.91 Å². The van der Waals surface area contributed by atoms with Gasteiger partial charge in [-0.25, -0.2) is 9.67 Å². The number of amides is 1. The van der Waals surface area contributed by atoms with Crippen LogP contribution in [0.25, 0.3) is 10.8 Å². The van der Waals surface area contributed by atoms with Crippen LogP contribution in [0.5, 0.6) is 0 Å². The van der Waals surface area contributed by atoms with Gasteiger partial charge in [-0.2, -0.15) is 0 Å². The maximum absolute atomic E-state index is 13.3. The lowest BCUT2D eigenvalue weighted by molar-refractivity contribution is 0.0590. The van der Waals surface area contributed by atoms with Gasteiger partial charge in [0.05, 0.1) is 18.8 Å². The van der Waals surface area contributed by atoms with E-state index in [9.17, 15) is 4.79 Å². The molecule has 1 fully saturated rings. The third-order valence-electron chi connectivity index (χ3n) is 5.89. The van der Waals surface area contributed by atoms with E-state index in [1.54, 1.807) is 17.1 Å². The minimum Gasteiger partial charge on any atom is -0.336 e. The number of imidazole rings is 1. The molecule has 7 nitrogen and oxygen atoms in total. The molecular weight excluding hydrogens is 376 g/mol. The SMILES string of the molecule is Cn1ccnc1C1CCCCN1C(=O)c1cn(Cc2cccc3ccccc23)nn1. The van der Waals surface area contributed by atoms with Gasteiger partial charge >= 0.3 is 0 Å². The van der Waals surface area contributed by atoms with Crippen LogP contribution in [-0.2, 0) is 13.6 Å². The van der Waals surface area contributed by atoms with Crippen LogP contribution in [0.1, 0.15) is 47.2 Å². The lowest BCUT2D eigenvalue weighted by atomic mass is 10.0. The summed E-state index contributed by atoms with van der Waals surface area (Å²) in [5, 5.41) is 10.8. The second-order valence-electron chi connectivity index (χ2n) is 7.85. The predicted molar refractivity (Wildman–Crippen MR) is 114 cm³/mol. The number of carbonyl (C=O) groups excluding carboxylic acids is 1. The average Bonchev–Trinajstić information content (AvgIpc) is 3.42. The van der Waals surface area contributed by atoms with Gasteiger partial charge < -0.3 is 9.47 Å². The lowest BCUT2D eigenvalue weighted by Gasteiger charge is -2.34. The van der Waals surface area contributed by atoms with E-state index in [0.29, 0.717) is 18.8 Å². The highest BCUT2D eigenvalue weighted by Crippen LogP contribution is 2.30. The Morgan fingerprint density at radius 2 is 2.00 bits per heavy atom. The van der Waals surface area contributed by atoms with Crippen molar-refractivity contribution in [3.63, 3.8) is 0 Å². The van der Waals surface area contributed by atoms with Crippen molar-refractivity contribution in [3.8, 4) is 0 Å². The molecule has 1 aliphatic rings. The summed E-state index contributed by atoms with van der Waals surface area (Å²) in [6, 6.07) is 14.5. The van der Waals surface area contributed by atoms with Crippen LogP contribution < -0.4 is 0 Å².